The van der Waals surface area contributed by atoms with Crippen molar-refractivity contribution in [1.82, 2.24) is 5.32 Å². The standard InChI is InChI=1S/C9H9NOS/c1-10-6-2-3-8-4-5-9(7-11)12-8/h4-5,7,10H,6H2,1H3. The maximum Gasteiger partial charge on any atom is 0.160 e. The van der Waals surface area contributed by atoms with Crippen LogP contribution in [0.4, 0.5) is 0 Å². The number of aldehydes is 1. The molecule has 1 N–H and O–H groups in total. The van der Waals surface area contributed by atoms with Crippen LogP contribution in [0.25, 0.3) is 0 Å². The molecule has 0 unspecified atom stereocenters. The SMILES string of the molecule is CNCC#Cc1ccc(C=O)s1. The van der Waals surface area contributed by atoms with Crippen molar-refractivity contribution in [2.24, 2.45) is 0 Å². The molecule has 12 heavy (non-hydrogen) atoms. The third kappa shape index (κ3) is 2.50. The van der Waals surface area contributed by atoms with Crippen LogP contribution in [0, 0.1) is 11.8 Å². The van der Waals surface area contributed by atoms with Crippen molar-refractivity contribution in [3.05, 3.63) is 21.9 Å². The molecule has 0 saturated carbocycles. The second-order valence-electron chi connectivity index (χ2n) is 2.15. The number of carbonyl (C=O) groups excluding carboxylic acids is 1. The lowest BCUT2D eigenvalue weighted by Crippen LogP contribution is -2.04. The molecule has 0 aliphatic carbocycles. The summed E-state index contributed by atoms with van der Waals surface area (Å²) in [4.78, 5) is 12.0. The molecule has 0 amide bonds. The minimum Gasteiger partial charge on any atom is -0.309 e. The van der Waals surface area contributed by atoms with Crippen LogP contribution >= 0.6 is 11.3 Å². The molecular weight excluding hydrogens is 170 g/mol. The summed E-state index contributed by atoms with van der Waals surface area (Å²) in [7, 11) is 1.85. The maximum absolute atomic E-state index is 10.3. The van der Waals surface area contributed by atoms with E-state index in [4.69, 9.17) is 0 Å². The Morgan fingerprint density at radius 1 is 1.67 bits per heavy atom. The molecule has 0 aliphatic heterocycles. The Hall–Kier alpha value is -1.11. The predicted octanol–water partition coefficient (Wildman–Crippen LogP) is 1.13. The summed E-state index contributed by atoms with van der Waals surface area (Å²) in [5.41, 5.74) is 0. The number of nitrogens with one attached hydrogen (secondary N) is 1. The molecule has 0 aromatic carbocycles. The van der Waals surface area contributed by atoms with Crippen molar-refractivity contribution in [2.45, 2.75) is 0 Å². The largest absolute Gasteiger partial charge is 0.309 e. The van der Waals surface area contributed by atoms with E-state index in [1.807, 2.05) is 13.1 Å². The van der Waals surface area contributed by atoms with Gasteiger partial charge in [-0.05, 0) is 19.2 Å². The quantitative estimate of drug-likeness (QED) is 0.544. The fourth-order valence-electron chi connectivity index (χ4n) is 0.703. The predicted molar refractivity (Wildman–Crippen MR) is 50.5 cm³/mol. The smallest absolute Gasteiger partial charge is 0.160 e. The van der Waals surface area contributed by atoms with Crippen LogP contribution in [0.2, 0.25) is 0 Å². The number of thiophene rings is 1. The Bertz CT molecular complexity index is 319. The molecule has 0 radical (unpaired) electrons. The highest BCUT2D eigenvalue weighted by Gasteiger charge is 1.93. The highest BCUT2D eigenvalue weighted by molar-refractivity contribution is 7.14. The van der Waals surface area contributed by atoms with Gasteiger partial charge >= 0.3 is 0 Å². The topological polar surface area (TPSA) is 29.1 Å². The number of rotatable bonds is 2. The van der Waals surface area contributed by atoms with Gasteiger partial charge in [-0.1, -0.05) is 11.8 Å². The van der Waals surface area contributed by atoms with Crippen LogP contribution in [0.15, 0.2) is 12.1 Å². The first kappa shape index (κ1) is 8.98. The van der Waals surface area contributed by atoms with Crippen molar-refractivity contribution in [1.29, 1.82) is 0 Å². The van der Waals surface area contributed by atoms with Gasteiger partial charge in [0.25, 0.3) is 0 Å². The molecule has 0 fully saturated rings. The number of carbonyl (C=O) groups is 1. The van der Waals surface area contributed by atoms with Gasteiger partial charge < -0.3 is 5.32 Å². The van der Waals surface area contributed by atoms with E-state index < -0.39 is 0 Å². The summed E-state index contributed by atoms with van der Waals surface area (Å²) in [6, 6.07) is 3.64. The molecule has 0 spiro atoms. The summed E-state index contributed by atoms with van der Waals surface area (Å²) in [5, 5.41) is 2.92. The van der Waals surface area contributed by atoms with Gasteiger partial charge in [0.1, 0.15) is 0 Å². The lowest BCUT2D eigenvalue weighted by atomic mass is 10.4. The first-order valence-corrected chi connectivity index (χ1v) is 4.37. The lowest BCUT2D eigenvalue weighted by molar-refractivity contribution is 0.112. The van der Waals surface area contributed by atoms with Crippen molar-refractivity contribution in [2.75, 3.05) is 13.6 Å². The molecule has 1 rings (SSSR count). The third-order valence-corrected chi connectivity index (χ3v) is 2.15. The van der Waals surface area contributed by atoms with Crippen LogP contribution in [-0.4, -0.2) is 19.9 Å². The number of hydrogen-bond acceptors (Lipinski definition) is 3. The Balaban J connectivity index is 2.65. The van der Waals surface area contributed by atoms with Gasteiger partial charge in [-0.15, -0.1) is 11.3 Å². The Morgan fingerprint density at radius 2 is 2.50 bits per heavy atom. The van der Waals surface area contributed by atoms with Gasteiger partial charge in [0.2, 0.25) is 0 Å². The normalized spacial score (nSPS) is 8.75. The molecule has 1 aromatic rings. The minimum atomic E-state index is 0.675. The van der Waals surface area contributed by atoms with Crippen LogP contribution < -0.4 is 5.32 Å². The van der Waals surface area contributed by atoms with E-state index in [1.165, 1.54) is 11.3 Å². The van der Waals surface area contributed by atoms with Gasteiger partial charge in [0.15, 0.2) is 6.29 Å². The summed E-state index contributed by atoms with van der Waals surface area (Å²) in [6.07, 6.45) is 0.841. The molecule has 2 nitrogen and oxygen atoms in total. The molecule has 0 saturated heterocycles. The van der Waals surface area contributed by atoms with Crippen molar-refractivity contribution < 1.29 is 4.79 Å². The van der Waals surface area contributed by atoms with E-state index in [9.17, 15) is 4.79 Å². The second-order valence-corrected chi connectivity index (χ2v) is 3.27. The van der Waals surface area contributed by atoms with Crippen LogP contribution in [-0.2, 0) is 0 Å². The Morgan fingerprint density at radius 3 is 3.08 bits per heavy atom. The third-order valence-electron chi connectivity index (χ3n) is 1.22. The monoisotopic (exact) mass is 179 g/mol. The molecule has 1 heterocycles. The molecular formula is C9H9NOS. The van der Waals surface area contributed by atoms with Crippen LogP contribution in [0.5, 0.6) is 0 Å². The van der Waals surface area contributed by atoms with E-state index in [0.717, 1.165) is 16.0 Å². The van der Waals surface area contributed by atoms with E-state index >= 15 is 0 Å². The average molecular weight is 179 g/mol. The molecule has 0 aliphatic rings. The zero-order chi connectivity index (χ0) is 8.81. The summed E-state index contributed by atoms with van der Waals surface area (Å²) in [5.74, 6) is 5.87. The van der Waals surface area contributed by atoms with Crippen LogP contribution in [0.1, 0.15) is 14.5 Å². The summed E-state index contributed by atoms with van der Waals surface area (Å²) < 4.78 is 0. The van der Waals surface area contributed by atoms with Gasteiger partial charge in [-0.25, -0.2) is 0 Å². The average Bonchev–Trinajstić information content (AvgIpc) is 2.53. The summed E-state index contributed by atoms with van der Waals surface area (Å²) >= 11 is 1.41. The first-order valence-electron chi connectivity index (χ1n) is 3.55. The molecule has 0 bridgehead atoms. The van der Waals surface area contributed by atoms with E-state index in [0.29, 0.717) is 6.54 Å². The van der Waals surface area contributed by atoms with Gasteiger partial charge in [-0.3, -0.25) is 4.79 Å². The van der Waals surface area contributed by atoms with E-state index in [1.54, 1.807) is 6.07 Å². The Labute approximate surface area is 75.6 Å². The molecule has 3 heteroatoms. The van der Waals surface area contributed by atoms with Crippen LogP contribution in [0.3, 0.4) is 0 Å². The van der Waals surface area contributed by atoms with Gasteiger partial charge in [-0.2, -0.15) is 0 Å². The first-order chi connectivity index (χ1) is 5.86. The molecule has 62 valence electrons. The molecule has 1 aromatic heterocycles. The van der Waals surface area contributed by atoms with E-state index in [-0.39, 0.29) is 0 Å². The fraction of sp³-hybridized carbons (Fsp3) is 0.222. The zero-order valence-corrected chi connectivity index (χ0v) is 7.57. The number of hydrogen-bond donors (Lipinski definition) is 1. The zero-order valence-electron chi connectivity index (χ0n) is 6.76. The second kappa shape index (κ2) is 4.70. The highest BCUT2D eigenvalue weighted by Crippen LogP contribution is 2.12. The van der Waals surface area contributed by atoms with Crippen molar-refractivity contribution >= 4 is 17.6 Å². The molecule has 0 atom stereocenters. The van der Waals surface area contributed by atoms with Crippen molar-refractivity contribution in [3.63, 3.8) is 0 Å². The lowest BCUT2D eigenvalue weighted by Gasteiger charge is -1.81. The summed E-state index contributed by atoms with van der Waals surface area (Å²) in [6.45, 7) is 0.675. The highest BCUT2D eigenvalue weighted by atomic mass is 32.1. The minimum absolute atomic E-state index is 0.675. The van der Waals surface area contributed by atoms with Crippen molar-refractivity contribution in [3.8, 4) is 11.8 Å². The maximum atomic E-state index is 10.3. The van der Waals surface area contributed by atoms with E-state index in [2.05, 4.69) is 17.2 Å². The Kier molecular flexibility index (Phi) is 3.52. The van der Waals surface area contributed by atoms with Gasteiger partial charge in [0, 0.05) is 0 Å². The van der Waals surface area contributed by atoms with Gasteiger partial charge in [0.05, 0.1) is 16.3 Å². The fourth-order valence-corrected chi connectivity index (χ4v) is 1.40.